The number of allylic oxidation sites excluding steroid dienone is 1. The second-order valence-electron chi connectivity index (χ2n) is 16.3. The second-order valence-corrected chi connectivity index (χ2v) is 16.3. The van der Waals surface area contributed by atoms with Gasteiger partial charge in [-0.1, -0.05) is 18.6 Å². The average Bonchev–Trinajstić information content (AvgIpc) is 3.80. The van der Waals surface area contributed by atoms with Crippen LogP contribution < -0.4 is 0 Å². The van der Waals surface area contributed by atoms with Gasteiger partial charge in [-0.05, 0) is 90.9 Å². The van der Waals surface area contributed by atoms with Crippen molar-refractivity contribution in [3.05, 3.63) is 11.6 Å². The quantitative estimate of drug-likeness (QED) is 0.448. The van der Waals surface area contributed by atoms with Crippen molar-refractivity contribution >= 4 is 17.7 Å². The van der Waals surface area contributed by atoms with Crippen molar-refractivity contribution in [1.29, 1.82) is 0 Å². The van der Waals surface area contributed by atoms with Crippen LogP contribution in [-0.2, 0) is 28.6 Å². The second kappa shape index (κ2) is 8.64. The molecule has 10 fully saturated rings. The Hall–Kier alpha value is -1.97. The standard InChI is InChI=1S/C12H19NO2.2C11H15NO2/c1-4-11(14)13-10(7-9-5-6-9)8-15-12(13,2)3;2*1-10(2)12-6(5-14-10)7-8(9(12)13)11(7)3-4-11/h7,10H,4-6,8H2,1-3H3;2*6-8H,3-5H2,1-2H3/t10-;6-,7?,8-;6-,7+,8?/m011/s1. The molecule has 0 aromatic rings. The van der Waals surface area contributed by atoms with Gasteiger partial charge in [0, 0.05) is 30.1 Å². The molecule has 0 aromatic carbocycles. The van der Waals surface area contributed by atoms with Crippen molar-refractivity contribution in [2.75, 3.05) is 19.8 Å². The summed E-state index contributed by atoms with van der Waals surface area (Å²) >= 11 is 0. The maximum absolute atomic E-state index is 12.1. The Bertz CT molecular complexity index is 1240. The molecule has 2 unspecified atom stereocenters. The zero-order valence-corrected chi connectivity index (χ0v) is 27.0. The molecule has 0 radical (unpaired) electrons. The van der Waals surface area contributed by atoms with Gasteiger partial charge in [-0.15, -0.1) is 0 Å². The first-order valence-corrected chi connectivity index (χ1v) is 16.8. The van der Waals surface area contributed by atoms with Gasteiger partial charge in [0.15, 0.2) is 0 Å². The Morgan fingerprint density at radius 3 is 1.58 bits per heavy atom. The van der Waals surface area contributed by atoms with Gasteiger partial charge in [-0.25, -0.2) is 0 Å². The number of nitrogens with zero attached hydrogens (tertiary/aromatic N) is 3. The summed E-state index contributed by atoms with van der Waals surface area (Å²) in [5, 5.41) is 0. The minimum absolute atomic E-state index is 0.157. The number of rotatable bonds is 2. The SMILES string of the molecule is CC1(C)OC[C@@H]2C3[C@H](C(=O)N21)C31CC1.CC1(C)OC[C@@H]2[C@H]3C(C(=O)N21)C31CC1.CCC(=O)N1[C@@H](C=C2CC2)COC1(C)C. The van der Waals surface area contributed by atoms with Gasteiger partial charge in [-0.3, -0.25) is 14.4 Å². The topological polar surface area (TPSA) is 88.6 Å². The van der Waals surface area contributed by atoms with E-state index in [-0.39, 0.29) is 23.4 Å². The first-order chi connectivity index (χ1) is 20.2. The van der Waals surface area contributed by atoms with E-state index in [0.717, 1.165) is 13.2 Å². The lowest BCUT2D eigenvalue weighted by Gasteiger charge is -2.32. The van der Waals surface area contributed by atoms with Crippen molar-refractivity contribution < 1.29 is 28.6 Å². The van der Waals surface area contributed by atoms with Crippen LogP contribution in [0.3, 0.4) is 0 Å². The summed E-state index contributed by atoms with van der Waals surface area (Å²) < 4.78 is 17.1. The first-order valence-electron chi connectivity index (χ1n) is 16.8. The van der Waals surface area contributed by atoms with Crippen LogP contribution in [-0.4, -0.2) is 87.5 Å². The molecule has 5 aliphatic heterocycles. The van der Waals surface area contributed by atoms with E-state index in [4.69, 9.17) is 14.2 Å². The molecular formula is C34H49N3O6. The molecule has 0 aromatic heterocycles. The van der Waals surface area contributed by atoms with E-state index < -0.39 is 5.72 Å². The molecule has 10 rings (SSSR count). The number of ether oxygens (including phenoxy) is 3. The number of amides is 3. The highest BCUT2D eigenvalue weighted by Gasteiger charge is 2.84. The number of piperidine rings is 2. The van der Waals surface area contributed by atoms with Gasteiger partial charge in [-0.2, -0.15) is 0 Å². The average molecular weight is 596 g/mol. The van der Waals surface area contributed by atoms with Gasteiger partial charge < -0.3 is 28.9 Å². The molecule has 10 aliphatic rings. The molecule has 236 valence electrons. The maximum atomic E-state index is 12.1. The van der Waals surface area contributed by atoms with Gasteiger partial charge in [0.25, 0.3) is 0 Å². The summed E-state index contributed by atoms with van der Waals surface area (Å²) in [6, 6.07) is 0.972. The van der Waals surface area contributed by atoms with Crippen molar-refractivity contribution in [3.63, 3.8) is 0 Å². The molecule has 5 saturated heterocycles. The third-order valence-corrected chi connectivity index (χ3v) is 12.7. The summed E-state index contributed by atoms with van der Waals surface area (Å²) in [5.74, 6) is 3.00. The van der Waals surface area contributed by atoms with Gasteiger partial charge >= 0.3 is 0 Å². The molecule has 5 aliphatic carbocycles. The van der Waals surface area contributed by atoms with Crippen LogP contribution in [0.4, 0.5) is 0 Å². The summed E-state index contributed by atoms with van der Waals surface area (Å²) in [4.78, 5) is 42.0. The Kier molecular flexibility index (Phi) is 5.72. The molecule has 0 N–H and O–H groups in total. The van der Waals surface area contributed by atoms with Gasteiger partial charge in [0.05, 0.1) is 37.9 Å². The van der Waals surface area contributed by atoms with Crippen molar-refractivity contribution in [2.45, 2.75) is 129 Å². The van der Waals surface area contributed by atoms with E-state index in [2.05, 4.69) is 6.08 Å². The van der Waals surface area contributed by atoms with Crippen LogP contribution in [0.1, 0.15) is 93.4 Å². The van der Waals surface area contributed by atoms with Crippen LogP contribution in [0.15, 0.2) is 11.6 Å². The third-order valence-electron chi connectivity index (χ3n) is 12.7. The fraction of sp³-hybridized carbons (Fsp3) is 0.853. The van der Waals surface area contributed by atoms with Crippen LogP contribution in [0.2, 0.25) is 0 Å². The Morgan fingerprint density at radius 2 is 1.19 bits per heavy atom. The van der Waals surface area contributed by atoms with Gasteiger partial charge in [0.2, 0.25) is 17.7 Å². The van der Waals surface area contributed by atoms with Crippen molar-refractivity contribution in [3.8, 4) is 0 Å². The number of hydrogen-bond acceptors (Lipinski definition) is 6. The van der Waals surface area contributed by atoms with E-state index in [9.17, 15) is 14.4 Å². The molecule has 5 heterocycles. The molecule has 9 nitrogen and oxygen atoms in total. The normalized spacial score (nSPS) is 42.0. The van der Waals surface area contributed by atoms with E-state index >= 15 is 0 Å². The Balaban J connectivity index is 0.0000000969. The monoisotopic (exact) mass is 595 g/mol. The molecule has 2 spiro atoms. The van der Waals surface area contributed by atoms with Crippen LogP contribution >= 0.6 is 0 Å². The lowest BCUT2D eigenvalue weighted by molar-refractivity contribution is -0.146. The van der Waals surface area contributed by atoms with E-state index in [1.807, 2.05) is 63.2 Å². The number of carbonyl (C=O) groups excluding carboxylic acids is 3. The summed E-state index contributed by atoms with van der Waals surface area (Å²) in [7, 11) is 0. The first kappa shape index (κ1) is 28.5. The fourth-order valence-corrected chi connectivity index (χ4v) is 10.1. The van der Waals surface area contributed by atoms with Crippen molar-refractivity contribution in [2.24, 2.45) is 34.5 Å². The molecule has 43 heavy (non-hydrogen) atoms. The molecular weight excluding hydrogens is 546 g/mol. The van der Waals surface area contributed by atoms with Crippen molar-refractivity contribution in [1.82, 2.24) is 14.7 Å². The lowest BCUT2D eigenvalue weighted by Crippen LogP contribution is -2.47. The highest BCUT2D eigenvalue weighted by atomic mass is 16.5. The largest absolute Gasteiger partial charge is 0.354 e. The minimum atomic E-state index is -0.441. The zero-order chi connectivity index (χ0) is 30.5. The predicted molar refractivity (Wildman–Crippen MR) is 157 cm³/mol. The third kappa shape index (κ3) is 3.95. The molecule has 3 amide bonds. The predicted octanol–water partition coefficient (Wildman–Crippen LogP) is 4.06. The Morgan fingerprint density at radius 1 is 0.744 bits per heavy atom. The van der Waals surface area contributed by atoms with E-state index in [1.165, 1.54) is 44.1 Å². The maximum Gasteiger partial charge on any atom is 0.229 e. The smallest absolute Gasteiger partial charge is 0.229 e. The molecule has 5 saturated carbocycles. The summed E-state index contributed by atoms with van der Waals surface area (Å²) in [6.45, 7) is 16.0. The highest BCUT2D eigenvalue weighted by Crippen LogP contribution is 2.81. The number of fused-ring (bicyclic) bond motifs is 10. The Labute approximate surface area is 255 Å². The van der Waals surface area contributed by atoms with Gasteiger partial charge in [0.1, 0.15) is 17.2 Å². The van der Waals surface area contributed by atoms with Crippen LogP contribution in [0, 0.1) is 34.5 Å². The molecule has 9 heteroatoms. The van der Waals surface area contributed by atoms with E-state index in [1.54, 1.807) is 0 Å². The summed E-state index contributed by atoms with van der Waals surface area (Å²) in [5.41, 5.74) is 1.29. The summed E-state index contributed by atoms with van der Waals surface area (Å²) in [6.07, 6.45) is 10.3. The fourth-order valence-electron chi connectivity index (χ4n) is 10.1. The zero-order valence-electron chi connectivity index (χ0n) is 27.0. The molecule has 7 atom stereocenters. The van der Waals surface area contributed by atoms with Crippen LogP contribution in [0.5, 0.6) is 0 Å². The lowest BCUT2D eigenvalue weighted by atomic mass is 10.1. The molecule has 0 bridgehead atoms. The minimum Gasteiger partial charge on any atom is -0.354 e. The van der Waals surface area contributed by atoms with Crippen LogP contribution in [0.25, 0.3) is 0 Å². The van der Waals surface area contributed by atoms with E-state index in [0.29, 0.717) is 71.4 Å². The highest BCUT2D eigenvalue weighted by molar-refractivity contribution is 5.89. The number of hydrogen-bond donors (Lipinski definition) is 0. The number of carbonyl (C=O) groups is 3.